The Morgan fingerprint density at radius 2 is 2.12 bits per heavy atom. The molecule has 0 radical (unpaired) electrons. The van der Waals surface area contributed by atoms with Crippen molar-refractivity contribution >= 4 is 9.84 Å². The molecular weight excluding hydrogens is 234 g/mol. The fraction of sp³-hybridized carbons (Fsp3) is 1.00. The summed E-state index contributed by atoms with van der Waals surface area (Å²) in [6.07, 6.45) is 5.93. The highest BCUT2D eigenvalue weighted by Gasteiger charge is 2.27. The van der Waals surface area contributed by atoms with Gasteiger partial charge in [-0.1, -0.05) is 33.1 Å². The van der Waals surface area contributed by atoms with Gasteiger partial charge in [0.25, 0.3) is 0 Å². The van der Waals surface area contributed by atoms with E-state index in [9.17, 15) is 8.42 Å². The third kappa shape index (κ3) is 5.87. The molecule has 0 spiro atoms. The zero-order valence-electron chi connectivity index (χ0n) is 11.2. The van der Waals surface area contributed by atoms with Crippen molar-refractivity contribution < 1.29 is 8.42 Å². The molecule has 0 aliphatic carbocycles. The van der Waals surface area contributed by atoms with Gasteiger partial charge in [0.1, 0.15) is 0 Å². The Kier molecular flexibility index (Phi) is 6.49. The highest BCUT2D eigenvalue weighted by molar-refractivity contribution is 7.91. The summed E-state index contributed by atoms with van der Waals surface area (Å²) in [5, 5.41) is 3.46. The summed E-state index contributed by atoms with van der Waals surface area (Å²) < 4.78 is 22.6. The van der Waals surface area contributed by atoms with Crippen LogP contribution in [0, 0.1) is 11.8 Å². The SMILES string of the molecule is CCCCC(CC)CNCC1CCS(=O)(=O)C1. The number of hydrogen-bond donors (Lipinski definition) is 1. The Bertz CT molecular complexity index is 301. The van der Waals surface area contributed by atoms with Crippen LogP contribution in [0.3, 0.4) is 0 Å². The number of rotatable bonds is 8. The highest BCUT2D eigenvalue weighted by Crippen LogP contribution is 2.18. The molecule has 1 saturated heterocycles. The fourth-order valence-electron chi connectivity index (χ4n) is 2.47. The minimum atomic E-state index is -2.71. The van der Waals surface area contributed by atoms with E-state index in [1.165, 1.54) is 25.7 Å². The molecule has 1 N–H and O–H groups in total. The Morgan fingerprint density at radius 1 is 1.35 bits per heavy atom. The molecule has 1 heterocycles. The molecule has 1 rings (SSSR count). The molecule has 0 aromatic carbocycles. The van der Waals surface area contributed by atoms with Crippen LogP contribution < -0.4 is 5.32 Å². The van der Waals surface area contributed by atoms with Gasteiger partial charge in [-0.05, 0) is 37.8 Å². The van der Waals surface area contributed by atoms with Crippen LogP contribution in [-0.2, 0) is 9.84 Å². The molecule has 1 aliphatic heterocycles. The topological polar surface area (TPSA) is 46.2 Å². The molecule has 2 atom stereocenters. The second-order valence-electron chi connectivity index (χ2n) is 5.34. The van der Waals surface area contributed by atoms with Crippen molar-refractivity contribution in [2.45, 2.75) is 46.0 Å². The molecule has 2 unspecified atom stereocenters. The van der Waals surface area contributed by atoms with E-state index >= 15 is 0 Å². The van der Waals surface area contributed by atoms with Gasteiger partial charge in [-0.2, -0.15) is 0 Å². The number of nitrogens with one attached hydrogen (secondary N) is 1. The third-order valence-electron chi connectivity index (χ3n) is 3.74. The van der Waals surface area contributed by atoms with Gasteiger partial charge in [0.2, 0.25) is 0 Å². The molecule has 1 fully saturated rings. The minimum absolute atomic E-state index is 0.351. The van der Waals surface area contributed by atoms with Crippen LogP contribution >= 0.6 is 0 Å². The van der Waals surface area contributed by atoms with E-state index < -0.39 is 9.84 Å². The Balaban J connectivity index is 2.14. The lowest BCUT2D eigenvalue weighted by Gasteiger charge is -2.16. The molecule has 0 amide bonds. The summed E-state index contributed by atoms with van der Waals surface area (Å²) in [5.41, 5.74) is 0. The standard InChI is InChI=1S/C13H27NO2S/c1-3-5-6-12(4-2)9-14-10-13-7-8-17(15,16)11-13/h12-14H,3-11H2,1-2H3. The van der Waals surface area contributed by atoms with E-state index in [-0.39, 0.29) is 0 Å². The largest absolute Gasteiger partial charge is 0.316 e. The van der Waals surface area contributed by atoms with Gasteiger partial charge >= 0.3 is 0 Å². The first-order chi connectivity index (χ1) is 8.07. The number of sulfone groups is 1. The Hall–Kier alpha value is -0.0900. The lowest BCUT2D eigenvalue weighted by atomic mass is 9.99. The van der Waals surface area contributed by atoms with Crippen LogP contribution in [-0.4, -0.2) is 33.0 Å². The van der Waals surface area contributed by atoms with Gasteiger partial charge in [-0.3, -0.25) is 0 Å². The molecule has 17 heavy (non-hydrogen) atoms. The first-order valence-electron chi connectivity index (χ1n) is 6.98. The monoisotopic (exact) mass is 261 g/mol. The summed E-state index contributed by atoms with van der Waals surface area (Å²) in [4.78, 5) is 0. The van der Waals surface area contributed by atoms with Crippen molar-refractivity contribution in [1.29, 1.82) is 0 Å². The van der Waals surface area contributed by atoms with Crippen molar-refractivity contribution in [3.05, 3.63) is 0 Å². The van der Waals surface area contributed by atoms with Crippen molar-refractivity contribution in [3.8, 4) is 0 Å². The average Bonchev–Trinajstić information content (AvgIpc) is 2.63. The molecule has 3 nitrogen and oxygen atoms in total. The molecule has 0 aromatic rings. The normalized spacial score (nSPS) is 24.9. The third-order valence-corrected chi connectivity index (χ3v) is 5.57. The van der Waals surface area contributed by atoms with Gasteiger partial charge < -0.3 is 5.32 Å². The van der Waals surface area contributed by atoms with E-state index in [4.69, 9.17) is 0 Å². The molecule has 0 aromatic heterocycles. The zero-order valence-corrected chi connectivity index (χ0v) is 12.1. The van der Waals surface area contributed by atoms with Crippen LogP contribution in [0.5, 0.6) is 0 Å². The molecule has 0 bridgehead atoms. The van der Waals surface area contributed by atoms with E-state index in [0.29, 0.717) is 17.4 Å². The fourth-order valence-corrected chi connectivity index (χ4v) is 4.33. The summed E-state index contributed by atoms with van der Waals surface area (Å²) >= 11 is 0. The van der Waals surface area contributed by atoms with Crippen LogP contribution in [0.25, 0.3) is 0 Å². The van der Waals surface area contributed by atoms with Crippen molar-refractivity contribution in [2.24, 2.45) is 11.8 Å². The minimum Gasteiger partial charge on any atom is -0.316 e. The average molecular weight is 261 g/mol. The summed E-state index contributed by atoms with van der Waals surface area (Å²) in [6, 6.07) is 0. The second-order valence-corrected chi connectivity index (χ2v) is 7.57. The maximum atomic E-state index is 11.3. The quantitative estimate of drug-likeness (QED) is 0.729. The zero-order chi connectivity index (χ0) is 12.7. The van der Waals surface area contributed by atoms with Gasteiger partial charge in [-0.15, -0.1) is 0 Å². The molecule has 0 saturated carbocycles. The lowest BCUT2D eigenvalue weighted by Crippen LogP contribution is -2.28. The van der Waals surface area contributed by atoms with Gasteiger partial charge in [0.15, 0.2) is 9.84 Å². The van der Waals surface area contributed by atoms with Crippen molar-refractivity contribution in [1.82, 2.24) is 5.32 Å². The Labute approximate surface area is 106 Å². The van der Waals surface area contributed by atoms with E-state index in [1.54, 1.807) is 0 Å². The van der Waals surface area contributed by atoms with Crippen LogP contribution in [0.15, 0.2) is 0 Å². The predicted molar refractivity (Wildman–Crippen MR) is 72.9 cm³/mol. The van der Waals surface area contributed by atoms with E-state index in [0.717, 1.165) is 25.4 Å². The second kappa shape index (κ2) is 7.37. The predicted octanol–water partition coefficient (Wildman–Crippen LogP) is 2.23. The maximum Gasteiger partial charge on any atom is 0.150 e. The van der Waals surface area contributed by atoms with Crippen LogP contribution in [0.2, 0.25) is 0 Å². The van der Waals surface area contributed by atoms with Crippen LogP contribution in [0.4, 0.5) is 0 Å². The van der Waals surface area contributed by atoms with Crippen LogP contribution in [0.1, 0.15) is 46.0 Å². The molecular formula is C13H27NO2S. The molecule has 102 valence electrons. The maximum absolute atomic E-state index is 11.3. The van der Waals surface area contributed by atoms with Gasteiger partial charge in [-0.25, -0.2) is 8.42 Å². The molecule has 4 heteroatoms. The van der Waals surface area contributed by atoms with Crippen molar-refractivity contribution in [3.63, 3.8) is 0 Å². The van der Waals surface area contributed by atoms with Gasteiger partial charge in [0, 0.05) is 0 Å². The number of unbranched alkanes of at least 4 members (excludes halogenated alkanes) is 1. The van der Waals surface area contributed by atoms with Crippen molar-refractivity contribution in [2.75, 3.05) is 24.6 Å². The first kappa shape index (κ1) is 15.0. The Morgan fingerprint density at radius 3 is 2.65 bits per heavy atom. The summed E-state index contributed by atoms with van der Waals surface area (Å²) in [5.74, 6) is 1.90. The molecule has 1 aliphatic rings. The van der Waals surface area contributed by atoms with E-state index in [1.807, 2.05) is 0 Å². The highest BCUT2D eigenvalue weighted by atomic mass is 32.2. The lowest BCUT2D eigenvalue weighted by molar-refractivity contribution is 0.401. The van der Waals surface area contributed by atoms with Gasteiger partial charge in [0.05, 0.1) is 11.5 Å². The smallest absolute Gasteiger partial charge is 0.150 e. The summed E-state index contributed by atoms with van der Waals surface area (Å²) in [6.45, 7) is 6.39. The summed E-state index contributed by atoms with van der Waals surface area (Å²) in [7, 11) is -2.71. The van der Waals surface area contributed by atoms with E-state index in [2.05, 4.69) is 19.2 Å². The first-order valence-corrected chi connectivity index (χ1v) is 8.80. The number of hydrogen-bond acceptors (Lipinski definition) is 3.